The number of nitrogens with one attached hydrogen (secondary N) is 1. The average Bonchev–Trinajstić information content (AvgIpc) is 2.94. The number of rotatable bonds is 7. The summed E-state index contributed by atoms with van der Waals surface area (Å²) < 4.78 is 11.7. The highest BCUT2D eigenvalue weighted by Crippen LogP contribution is 2.18. The highest BCUT2D eigenvalue weighted by atomic mass is 32.2. The fraction of sp³-hybridized carbons (Fsp3) is 1.00. The van der Waals surface area contributed by atoms with E-state index in [9.17, 15) is 4.21 Å². The Balaban J connectivity index is 2.01. The molecule has 1 fully saturated rings. The topological polar surface area (TPSA) is 29.1 Å². The van der Waals surface area contributed by atoms with Crippen LogP contribution in [0.5, 0.6) is 0 Å². The van der Waals surface area contributed by atoms with Crippen LogP contribution >= 0.6 is 0 Å². The summed E-state index contributed by atoms with van der Waals surface area (Å²) >= 11 is 0. The molecule has 0 aromatic carbocycles. The summed E-state index contributed by atoms with van der Waals surface area (Å²) in [6, 6.07) is 0.783. The molecule has 2 nitrogen and oxygen atoms in total. The van der Waals surface area contributed by atoms with Gasteiger partial charge in [-0.2, -0.15) is 0 Å². The lowest BCUT2D eigenvalue weighted by Gasteiger charge is -2.14. The SMILES string of the molecule is CC(C)C(C)S(=O)CCCNC1CC1. The van der Waals surface area contributed by atoms with Crippen molar-refractivity contribution < 1.29 is 4.21 Å². The summed E-state index contributed by atoms with van der Waals surface area (Å²) in [6.45, 7) is 7.42. The maximum absolute atomic E-state index is 11.7. The second kappa shape index (κ2) is 5.86. The Morgan fingerprint density at radius 3 is 2.50 bits per heavy atom. The van der Waals surface area contributed by atoms with Gasteiger partial charge >= 0.3 is 0 Å². The van der Waals surface area contributed by atoms with E-state index in [0.29, 0.717) is 11.2 Å². The van der Waals surface area contributed by atoms with Gasteiger partial charge in [-0.3, -0.25) is 4.21 Å². The van der Waals surface area contributed by atoms with E-state index in [2.05, 4.69) is 26.1 Å². The molecule has 14 heavy (non-hydrogen) atoms. The van der Waals surface area contributed by atoms with Crippen molar-refractivity contribution in [2.24, 2.45) is 5.92 Å². The largest absolute Gasteiger partial charge is 0.314 e. The van der Waals surface area contributed by atoms with E-state index in [1.165, 1.54) is 12.8 Å². The molecule has 1 aliphatic carbocycles. The minimum absolute atomic E-state index is 0.343. The lowest BCUT2D eigenvalue weighted by Crippen LogP contribution is -2.23. The van der Waals surface area contributed by atoms with Crippen LogP contribution in [0.15, 0.2) is 0 Å². The van der Waals surface area contributed by atoms with Crippen molar-refractivity contribution in [2.45, 2.75) is 51.3 Å². The zero-order valence-electron chi connectivity index (χ0n) is 9.58. The van der Waals surface area contributed by atoms with Gasteiger partial charge in [0.1, 0.15) is 0 Å². The van der Waals surface area contributed by atoms with Gasteiger partial charge in [-0.15, -0.1) is 0 Å². The molecule has 1 aliphatic rings. The normalized spacial score (nSPS) is 21.1. The molecule has 84 valence electrons. The molecule has 1 rings (SSSR count). The van der Waals surface area contributed by atoms with E-state index >= 15 is 0 Å². The van der Waals surface area contributed by atoms with Crippen LogP contribution in [0, 0.1) is 5.92 Å². The molecule has 3 heteroatoms. The second-order valence-corrected chi connectivity index (χ2v) is 6.53. The van der Waals surface area contributed by atoms with Gasteiger partial charge in [0, 0.05) is 27.8 Å². The van der Waals surface area contributed by atoms with Crippen molar-refractivity contribution in [3.63, 3.8) is 0 Å². The predicted octanol–water partition coefficient (Wildman–Crippen LogP) is 1.92. The summed E-state index contributed by atoms with van der Waals surface area (Å²) in [7, 11) is -0.629. The molecule has 0 spiro atoms. The first kappa shape index (κ1) is 12.2. The molecule has 2 unspecified atom stereocenters. The van der Waals surface area contributed by atoms with E-state index in [4.69, 9.17) is 0 Å². The fourth-order valence-electron chi connectivity index (χ4n) is 1.30. The standard InChI is InChI=1S/C11H23NOS/c1-9(2)10(3)14(13)8-4-7-12-11-5-6-11/h9-12H,4-8H2,1-3H3. The summed E-state index contributed by atoms with van der Waals surface area (Å²) in [6.07, 6.45) is 3.73. The van der Waals surface area contributed by atoms with Crippen LogP contribution in [0.3, 0.4) is 0 Å². The Labute approximate surface area is 90.3 Å². The van der Waals surface area contributed by atoms with Crippen LogP contribution in [-0.4, -0.2) is 27.8 Å². The second-order valence-electron chi connectivity index (χ2n) is 4.62. The first-order valence-electron chi connectivity index (χ1n) is 5.72. The lowest BCUT2D eigenvalue weighted by molar-refractivity contribution is 0.600. The molecular formula is C11H23NOS. The van der Waals surface area contributed by atoms with Crippen molar-refractivity contribution in [1.29, 1.82) is 0 Å². The molecule has 1 saturated carbocycles. The summed E-state index contributed by atoms with van der Waals surface area (Å²) in [5, 5.41) is 3.79. The molecule has 0 bridgehead atoms. The van der Waals surface area contributed by atoms with Crippen molar-refractivity contribution in [3.8, 4) is 0 Å². The molecule has 2 atom stereocenters. The van der Waals surface area contributed by atoms with Crippen LogP contribution in [0.1, 0.15) is 40.0 Å². The van der Waals surface area contributed by atoms with Gasteiger partial charge in [-0.25, -0.2) is 0 Å². The molecular weight excluding hydrogens is 194 g/mol. The molecule has 0 radical (unpaired) electrons. The zero-order chi connectivity index (χ0) is 10.6. The molecule has 0 saturated heterocycles. The van der Waals surface area contributed by atoms with E-state index < -0.39 is 10.8 Å². The van der Waals surface area contributed by atoms with Gasteiger partial charge in [-0.05, 0) is 31.7 Å². The fourth-order valence-corrected chi connectivity index (χ4v) is 2.71. The van der Waals surface area contributed by atoms with E-state index in [0.717, 1.165) is 24.8 Å². The molecule has 0 amide bonds. The Bertz CT molecular complexity index is 190. The Morgan fingerprint density at radius 2 is 2.00 bits per heavy atom. The predicted molar refractivity (Wildman–Crippen MR) is 63.0 cm³/mol. The molecule has 0 aromatic heterocycles. The Kier molecular flexibility index (Phi) is 5.10. The molecule has 1 N–H and O–H groups in total. The van der Waals surface area contributed by atoms with Gasteiger partial charge in [-0.1, -0.05) is 20.8 Å². The quantitative estimate of drug-likeness (QED) is 0.660. The minimum Gasteiger partial charge on any atom is -0.314 e. The number of hydrogen-bond donors (Lipinski definition) is 1. The van der Waals surface area contributed by atoms with Gasteiger partial charge in [0.2, 0.25) is 0 Å². The highest BCUT2D eigenvalue weighted by Gasteiger charge is 2.20. The monoisotopic (exact) mass is 217 g/mol. The molecule has 0 aromatic rings. The van der Waals surface area contributed by atoms with Crippen LogP contribution in [0.4, 0.5) is 0 Å². The van der Waals surface area contributed by atoms with Crippen molar-refractivity contribution in [1.82, 2.24) is 5.32 Å². The van der Waals surface area contributed by atoms with Crippen LogP contribution in [-0.2, 0) is 10.8 Å². The van der Waals surface area contributed by atoms with E-state index in [1.54, 1.807) is 0 Å². The molecule has 0 aliphatic heterocycles. The summed E-state index contributed by atoms with van der Waals surface area (Å²) in [5.74, 6) is 1.39. The highest BCUT2D eigenvalue weighted by molar-refractivity contribution is 7.85. The van der Waals surface area contributed by atoms with Crippen molar-refractivity contribution in [2.75, 3.05) is 12.3 Å². The summed E-state index contributed by atoms with van der Waals surface area (Å²) in [4.78, 5) is 0. The first-order chi connectivity index (χ1) is 6.61. The maximum Gasteiger partial charge on any atom is 0.0342 e. The van der Waals surface area contributed by atoms with E-state index in [1.807, 2.05) is 0 Å². The lowest BCUT2D eigenvalue weighted by atomic mass is 10.2. The van der Waals surface area contributed by atoms with Crippen molar-refractivity contribution >= 4 is 10.8 Å². The van der Waals surface area contributed by atoms with Gasteiger partial charge in [0.25, 0.3) is 0 Å². The van der Waals surface area contributed by atoms with E-state index in [-0.39, 0.29) is 0 Å². The third-order valence-electron chi connectivity index (χ3n) is 2.89. The molecule has 0 heterocycles. The zero-order valence-corrected chi connectivity index (χ0v) is 10.4. The first-order valence-corrected chi connectivity index (χ1v) is 7.10. The van der Waals surface area contributed by atoms with Gasteiger partial charge < -0.3 is 5.32 Å². The van der Waals surface area contributed by atoms with Crippen molar-refractivity contribution in [3.05, 3.63) is 0 Å². The summed E-state index contributed by atoms with van der Waals surface area (Å²) in [5.41, 5.74) is 0. The number of hydrogen-bond acceptors (Lipinski definition) is 2. The third kappa shape index (κ3) is 4.56. The average molecular weight is 217 g/mol. The maximum atomic E-state index is 11.7. The smallest absolute Gasteiger partial charge is 0.0342 e. The minimum atomic E-state index is -0.629. The van der Waals surface area contributed by atoms with Gasteiger partial charge in [0.05, 0.1) is 0 Å². The van der Waals surface area contributed by atoms with Crippen LogP contribution in [0.25, 0.3) is 0 Å². The van der Waals surface area contributed by atoms with Crippen LogP contribution in [0.2, 0.25) is 0 Å². The Hall–Kier alpha value is 0.110. The van der Waals surface area contributed by atoms with Crippen LogP contribution < -0.4 is 5.32 Å². The third-order valence-corrected chi connectivity index (χ3v) is 4.95. The Morgan fingerprint density at radius 1 is 1.36 bits per heavy atom. The van der Waals surface area contributed by atoms with Gasteiger partial charge in [0.15, 0.2) is 0 Å².